The minimum atomic E-state index is -1.19. The zero-order valence-electron chi connectivity index (χ0n) is 28.5. The van der Waals surface area contributed by atoms with Crippen molar-refractivity contribution in [3.8, 4) is 11.5 Å². The standard InChI is InChI=1S/C33H48N8O8S/c1-48-26-12-11-21(18-27(26)49-2)16-22(34)29(43)40-23(10-7-14-37-33(35)36)30(44)38-19-28(42)39-25(17-20-8-5-4-6-9-20)31(45)41-24(32(46)47)13-15-50-3/h4-6,8-9,11-12,18,22-25H,7,10,13-17,19,34H2,1-3H3,(H,38,44)(H,39,42)(H,40,43)(H,41,45)(H,46,47)(H4,35,36,37)/t22?,23-,24?,25?/m1/s1. The summed E-state index contributed by atoms with van der Waals surface area (Å²) < 4.78 is 10.6. The Hall–Kier alpha value is -5.03. The van der Waals surface area contributed by atoms with Crippen LogP contribution < -0.4 is 47.5 Å². The van der Waals surface area contributed by atoms with Crippen LogP contribution in [0.2, 0.25) is 0 Å². The molecule has 4 amide bonds. The van der Waals surface area contributed by atoms with Crippen molar-refractivity contribution < 1.29 is 38.6 Å². The van der Waals surface area contributed by atoms with Crippen molar-refractivity contribution in [2.75, 3.05) is 39.3 Å². The van der Waals surface area contributed by atoms with Gasteiger partial charge in [-0.15, -0.1) is 0 Å². The number of guanidine groups is 1. The highest BCUT2D eigenvalue weighted by molar-refractivity contribution is 7.98. The number of benzene rings is 2. The zero-order valence-corrected chi connectivity index (χ0v) is 29.3. The van der Waals surface area contributed by atoms with Crippen molar-refractivity contribution in [1.82, 2.24) is 26.6 Å². The fourth-order valence-electron chi connectivity index (χ4n) is 4.79. The molecule has 2 aromatic carbocycles. The molecule has 0 aliphatic rings. The first-order chi connectivity index (χ1) is 23.9. The second-order valence-electron chi connectivity index (χ2n) is 11.3. The molecule has 0 radical (unpaired) electrons. The lowest BCUT2D eigenvalue weighted by Gasteiger charge is -2.23. The van der Waals surface area contributed by atoms with Crippen LogP contribution >= 0.6 is 11.8 Å². The Bertz CT molecular complexity index is 1450. The highest BCUT2D eigenvalue weighted by atomic mass is 32.2. The van der Waals surface area contributed by atoms with Gasteiger partial charge < -0.3 is 52.6 Å². The Morgan fingerprint density at radius 3 is 2.12 bits per heavy atom. The van der Waals surface area contributed by atoms with Crippen molar-refractivity contribution in [3.63, 3.8) is 0 Å². The van der Waals surface area contributed by atoms with E-state index in [9.17, 15) is 29.1 Å². The van der Waals surface area contributed by atoms with Crippen LogP contribution in [0, 0.1) is 5.41 Å². The Labute approximate surface area is 295 Å². The first kappa shape index (κ1) is 41.1. The van der Waals surface area contributed by atoms with Crippen LogP contribution in [-0.2, 0) is 36.8 Å². The number of carbonyl (C=O) groups is 5. The van der Waals surface area contributed by atoms with Gasteiger partial charge in [0.1, 0.15) is 18.1 Å². The molecule has 0 aromatic heterocycles. The van der Waals surface area contributed by atoms with Gasteiger partial charge in [-0.05, 0) is 61.0 Å². The first-order valence-corrected chi connectivity index (χ1v) is 17.3. The number of aliphatic carboxylic acids is 1. The number of hydrogen-bond donors (Lipinski definition) is 9. The number of thioether (sulfide) groups is 1. The minimum Gasteiger partial charge on any atom is -0.493 e. The van der Waals surface area contributed by atoms with Gasteiger partial charge in [-0.2, -0.15) is 11.8 Å². The highest BCUT2D eigenvalue weighted by Crippen LogP contribution is 2.28. The molecule has 0 aliphatic carbocycles. The molecule has 50 heavy (non-hydrogen) atoms. The second-order valence-corrected chi connectivity index (χ2v) is 12.2. The van der Waals surface area contributed by atoms with E-state index in [2.05, 4.69) is 26.6 Å². The van der Waals surface area contributed by atoms with Crippen LogP contribution in [-0.4, -0.2) is 104 Å². The molecule has 0 saturated heterocycles. The smallest absolute Gasteiger partial charge is 0.326 e. The van der Waals surface area contributed by atoms with E-state index in [0.29, 0.717) is 29.2 Å². The van der Waals surface area contributed by atoms with Gasteiger partial charge in [0.15, 0.2) is 17.5 Å². The molecule has 2 aromatic rings. The molecule has 2 rings (SSSR count). The molecule has 16 nitrogen and oxygen atoms in total. The summed E-state index contributed by atoms with van der Waals surface area (Å²) in [6, 6.07) is 9.56. The van der Waals surface area contributed by atoms with Gasteiger partial charge in [0.2, 0.25) is 23.6 Å². The third-order valence-corrected chi connectivity index (χ3v) is 8.09. The monoisotopic (exact) mass is 716 g/mol. The van der Waals surface area contributed by atoms with Gasteiger partial charge in [-0.25, -0.2) is 4.79 Å². The van der Waals surface area contributed by atoms with E-state index in [-0.39, 0.29) is 38.2 Å². The van der Waals surface area contributed by atoms with Crippen molar-refractivity contribution in [2.45, 2.75) is 56.3 Å². The van der Waals surface area contributed by atoms with E-state index in [0.717, 1.165) is 5.56 Å². The summed E-state index contributed by atoms with van der Waals surface area (Å²) in [4.78, 5) is 64.4. The van der Waals surface area contributed by atoms with Gasteiger partial charge in [0.25, 0.3) is 0 Å². The third-order valence-electron chi connectivity index (χ3n) is 7.44. The van der Waals surface area contributed by atoms with Crippen LogP contribution in [0.3, 0.4) is 0 Å². The Morgan fingerprint density at radius 1 is 0.820 bits per heavy atom. The highest BCUT2D eigenvalue weighted by Gasteiger charge is 2.28. The molecule has 0 spiro atoms. The van der Waals surface area contributed by atoms with Crippen LogP contribution in [0.4, 0.5) is 0 Å². The summed E-state index contributed by atoms with van der Waals surface area (Å²) in [5.41, 5.74) is 12.9. The van der Waals surface area contributed by atoms with Gasteiger partial charge in [-0.1, -0.05) is 36.4 Å². The number of ether oxygens (including phenoxy) is 2. The second kappa shape index (κ2) is 21.8. The molecule has 3 unspecified atom stereocenters. The molecule has 17 heteroatoms. The average molecular weight is 717 g/mol. The number of nitrogens with one attached hydrogen (secondary N) is 6. The Morgan fingerprint density at radius 2 is 1.50 bits per heavy atom. The summed E-state index contributed by atoms with van der Waals surface area (Å²) in [6.07, 6.45) is 2.66. The van der Waals surface area contributed by atoms with E-state index < -0.39 is 60.3 Å². The van der Waals surface area contributed by atoms with Crippen molar-refractivity contribution >= 4 is 47.3 Å². The topological polar surface area (TPSA) is 260 Å². The zero-order chi connectivity index (χ0) is 37.1. The number of carboxylic acid groups (broad SMARTS) is 1. The SMILES string of the molecule is COc1ccc(CC(N)C(=O)N[C@H](CCCNC(=N)N)C(=O)NCC(=O)NC(Cc2ccccc2)C(=O)NC(CCSC)C(=O)O)cc1OC. The summed E-state index contributed by atoms with van der Waals surface area (Å²) >= 11 is 1.44. The molecule has 0 aliphatic heterocycles. The predicted molar refractivity (Wildman–Crippen MR) is 190 cm³/mol. The predicted octanol–water partition coefficient (Wildman–Crippen LogP) is -0.512. The number of rotatable bonds is 22. The molecule has 0 bridgehead atoms. The van der Waals surface area contributed by atoms with Crippen molar-refractivity contribution in [2.24, 2.45) is 11.5 Å². The molecular weight excluding hydrogens is 668 g/mol. The van der Waals surface area contributed by atoms with Gasteiger partial charge in [-0.3, -0.25) is 24.6 Å². The van der Waals surface area contributed by atoms with E-state index in [1.54, 1.807) is 48.5 Å². The lowest BCUT2D eigenvalue weighted by Crippen LogP contribution is -2.55. The third kappa shape index (κ3) is 14.6. The van der Waals surface area contributed by atoms with E-state index in [1.807, 2.05) is 6.26 Å². The van der Waals surface area contributed by atoms with Crippen LogP contribution in [0.5, 0.6) is 11.5 Å². The average Bonchev–Trinajstić information content (AvgIpc) is 3.09. The summed E-state index contributed by atoms with van der Waals surface area (Å²) in [5.74, 6) is -2.66. The summed E-state index contributed by atoms with van der Waals surface area (Å²) in [6.45, 7) is -0.292. The summed E-state index contributed by atoms with van der Waals surface area (Å²) in [5, 5.41) is 29.8. The number of nitrogens with two attached hydrogens (primary N) is 2. The lowest BCUT2D eigenvalue weighted by atomic mass is 10.0. The quantitative estimate of drug-likeness (QED) is 0.0424. The van der Waals surface area contributed by atoms with Crippen LogP contribution in [0.1, 0.15) is 30.4 Å². The number of methoxy groups -OCH3 is 2. The minimum absolute atomic E-state index is 0.0705. The Kier molecular flexibility index (Phi) is 18.0. The first-order valence-electron chi connectivity index (χ1n) is 15.9. The van der Waals surface area contributed by atoms with Gasteiger partial charge in [0, 0.05) is 13.0 Å². The van der Waals surface area contributed by atoms with Gasteiger partial charge >= 0.3 is 5.97 Å². The molecule has 274 valence electrons. The molecule has 0 fully saturated rings. The maximum Gasteiger partial charge on any atom is 0.326 e. The van der Waals surface area contributed by atoms with E-state index in [4.69, 9.17) is 26.4 Å². The molecular formula is C33H48N8O8S. The number of carboxylic acids is 1. The summed E-state index contributed by atoms with van der Waals surface area (Å²) in [7, 11) is 2.99. The van der Waals surface area contributed by atoms with Crippen LogP contribution in [0.15, 0.2) is 48.5 Å². The normalized spacial score (nSPS) is 13.0. The van der Waals surface area contributed by atoms with Gasteiger partial charge in [0.05, 0.1) is 26.8 Å². The number of amides is 4. The molecule has 4 atom stereocenters. The maximum atomic E-state index is 13.3. The van der Waals surface area contributed by atoms with Crippen molar-refractivity contribution in [1.29, 1.82) is 5.41 Å². The lowest BCUT2D eigenvalue weighted by molar-refractivity contribution is -0.142. The number of hydrogen-bond acceptors (Lipinski definition) is 10. The largest absolute Gasteiger partial charge is 0.493 e. The van der Waals surface area contributed by atoms with E-state index >= 15 is 0 Å². The molecule has 0 heterocycles. The maximum absolute atomic E-state index is 13.3. The van der Waals surface area contributed by atoms with Crippen molar-refractivity contribution in [3.05, 3.63) is 59.7 Å². The molecule has 0 saturated carbocycles. The number of carbonyl (C=O) groups excluding carboxylic acids is 4. The molecule has 11 N–H and O–H groups in total. The Balaban J connectivity index is 2.11. The van der Waals surface area contributed by atoms with Crippen LogP contribution in [0.25, 0.3) is 0 Å². The van der Waals surface area contributed by atoms with E-state index in [1.165, 1.54) is 26.0 Å². The fourth-order valence-corrected chi connectivity index (χ4v) is 5.26. The fraction of sp³-hybridized carbons (Fsp3) is 0.455.